The predicted molar refractivity (Wildman–Crippen MR) is 84.6 cm³/mol. The van der Waals surface area contributed by atoms with Crippen LogP contribution < -0.4 is 5.32 Å². The molecule has 1 rings (SSSR count). The van der Waals surface area contributed by atoms with Gasteiger partial charge in [-0.1, -0.05) is 26.8 Å². The maximum absolute atomic E-state index is 13.7. The van der Waals surface area contributed by atoms with E-state index in [9.17, 15) is 4.39 Å². The van der Waals surface area contributed by atoms with E-state index in [1.807, 2.05) is 6.07 Å². The molecule has 0 aliphatic heterocycles. The Balaban J connectivity index is 3.38. The van der Waals surface area contributed by atoms with E-state index >= 15 is 0 Å². The average Bonchev–Trinajstić information content (AvgIpc) is 2.42. The molecule has 0 saturated carbocycles. The lowest BCUT2D eigenvalue weighted by molar-refractivity contribution is 0.0885. The number of hydrogen-bond acceptors (Lipinski definition) is 2. The second-order valence-corrected chi connectivity index (χ2v) is 5.70. The number of halogens is 1. The molecule has 0 heterocycles. The van der Waals surface area contributed by atoms with Gasteiger partial charge in [-0.25, -0.2) is 4.39 Å². The Morgan fingerprint density at radius 3 is 2.25 bits per heavy atom. The highest BCUT2D eigenvalue weighted by molar-refractivity contribution is 5.32. The van der Waals surface area contributed by atoms with E-state index in [1.165, 1.54) is 6.07 Å². The second kappa shape index (κ2) is 7.19. The van der Waals surface area contributed by atoms with Crippen LogP contribution in [0.2, 0.25) is 0 Å². The number of rotatable bonds is 7. The van der Waals surface area contributed by atoms with Crippen LogP contribution in [-0.2, 0) is 0 Å². The molecule has 1 N–H and O–H groups in total. The van der Waals surface area contributed by atoms with E-state index in [-0.39, 0.29) is 17.4 Å². The maximum atomic E-state index is 13.7. The molecule has 1 aromatic carbocycles. The standard InChI is InChI=1S/C17H29FN2/c1-7-17(8-2,20(5)6)16(19-9-3)15-12-14(18)11-10-13(15)4/h10-12,16,19H,7-9H2,1-6H3. The van der Waals surface area contributed by atoms with Crippen molar-refractivity contribution in [3.8, 4) is 0 Å². The summed E-state index contributed by atoms with van der Waals surface area (Å²) in [4.78, 5) is 2.28. The summed E-state index contributed by atoms with van der Waals surface area (Å²) in [5.41, 5.74) is 2.21. The SMILES string of the molecule is CCNC(c1cc(F)ccc1C)C(CC)(CC)N(C)C. The van der Waals surface area contributed by atoms with Crippen molar-refractivity contribution in [3.63, 3.8) is 0 Å². The van der Waals surface area contributed by atoms with Crippen molar-refractivity contribution in [2.45, 2.75) is 52.1 Å². The zero-order chi connectivity index (χ0) is 15.3. The van der Waals surface area contributed by atoms with Crippen LogP contribution in [0.1, 0.15) is 50.8 Å². The van der Waals surface area contributed by atoms with Gasteiger partial charge in [0, 0.05) is 5.54 Å². The minimum atomic E-state index is -0.159. The Hall–Kier alpha value is -0.930. The Labute approximate surface area is 123 Å². The minimum absolute atomic E-state index is 0.00539. The van der Waals surface area contributed by atoms with Gasteiger partial charge < -0.3 is 10.2 Å². The van der Waals surface area contributed by atoms with E-state index < -0.39 is 0 Å². The Morgan fingerprint density at radius 1 is 1.20 bits per heavy atom. The van der Waals surface area contributed by atoms with Gasteiger partial charge in [-0.2, -0.15) is 0 Å². The lowest BCUT2D eigenvalue weighted by Crippen LogP contribution is -2.53. The van der Waals surface area contributed by atoms with E-state index in [0.717, 1.165) is 30.5 Å². The van der Waals surface area contributed by atoms with Crippen LogP contribution >= 0.6 is 0 Å². The average molecular weight is 280 g/mol. The lowest BCUT2D eigenvalue weighted by Gasteiger charge is -2.46. The smallest absolute Gasteiger partial charge is 0.123 e. The molecule has 0 spiro atoms. The molecule has 1 aromatic rings. The maximum Gasteiger partial charge on any atom is 0.123 e. The van der Waals surface area contributed by atoms with Crippen LogP contribution in [0.4, 0.5) is 4.39 Å². The van der Waals surface area contributed by atoms with Crippen molar-refractivity contribution in [1.82, 2.24) is 10.2 Å². The van der Waals surface area contributed by atoms with Crippen LogP contribution in [0.25, 0.3) is 0 Å². The second-order valence-electron chi connectivity index (χ2n) is 5.70. The van der Waals surface area contributed by atoms with Crippen molar-refractivity contribution in [2.24, 2.45) is 0 Å². The molecule has 0 aromatic heterocycles. The highest BCUT2D eigenvalue weighted by Gasteiger charge is 2.39. The van der Waals surface area contributed by atoms with Gasteiger partial charge in [0.25, 0.3) is 0 Å². The third kappa shape index (κ3) is 3.21. The summed E-state index contributed by atoms with van der Waals surface area (Å²) < 4.78 is 13.7. The largest absolute Gasteiger partial charge is 0.309 e. The number of nitrogens with zero attached hydrogens (tertiary/aromatic N) is 1. The topological polar surface area (TPSA) is 15.3 Å². The number of benzene rings is 1. The van der Waals surface area contributed by atoms with Gasteiger partial charge in [0.05, 0.1) is 6.04 Å². The number of aryl methyl sites for hydroxylation is 1. The van der Waals surface area contributed by atoms with Crippen LogP contribution in [0.5, 0.6) is 0 Å². The fourth-order valence-corrected chi connectivity index (χ4v) is 3.26. The molecule has 2 nitrogen and oxygen atoms in total. The first-order valence-corrected chi connectivity index (χ1v) is 7.59. The fraction of sp³-hybridized carbons (Fsp3) is 0.647. The summed E-state index contributed by atoms with van der Waals surface area (Å²) in [7, 11) is 4.23. The molecule has 1 unspecified atom stereocenters. The highest BCUT2D eigenvalue weighted by atomic mass is 19.1. The molecule has 0 aliphatic carbocycles. The van der Waals surface area contributed by atoms with Crippen LogP contribution in [-0.4, -0.2) is 31.1 Å². The number of nitrogens with one attached hydrogen (secondary N) is 1. The minimum Gasteiger partial charge on any atom is -0.309 e. The highest BCUT2D eigenvalue weighted by Crippen LogP contribution is 2.37. The first-order chi connectivity index (χ1) is 9.42. The van der Waals surface area contributed by atoms with E-state index in [0.29, 0.717) is 0 Å². The summed E-state index contributed by atoms with van der Waals surface area (Å²) in [5.74, 6) is -0.159. The van der Waals surface area contributed by atoms with E-state index in [4.69, 9.17) is 0 Å². The van der Waals surface area contributed by atoms with Crippen molar-refractivity contribution in [2.75, 3.05) is 20.6 Å². The normalized spacial score (nSPS) is 13.8. The van der Waals surface area contributed by atoms with E-state index in [2.05, 4.69) is 52.0 Å². The summed E-state index contributed by atoms with van der Waals surface area (Å²) in [6.07, 6.45) is 2.04. The molecular weight excluding hydrogens is 251 g/mol. The number of likely N-dealkylation sites (N-methyl/N-ethyl adjacent to an activating group) is 2. The van der Waals surface area contributed by atoms with Gasteiger partial charge in [0.15, 0.2) is 0 Å². The third-order valence-corrected chi connectivity index (χ3v) is 4.61. The molecule has 0 saturated heterocycles. The van der Waals surface area contributed by atoms with Gasteiger partial charge >= 0.3 is 0 Å². The fourth-order valence-electron chi connectivity index (χ4n) is 3.26. The number of hydrogen-bond donors (Lipinski definition) is 1. The first kappa shape index (κ1) is 17.1. The Kier molecular flexibility index (Phi) is 6.15. The van der Waals surface area contributed by atoms with Crippen molar-refractivity contribution in [3.05, 3.63) is 35.1 Å². The van der Waals surface area contributed by atoms with Crippen molar-refractivity contribution in [1.29, 1.82) is 0 Å². The lowest BCUT2D eigenvalue weighted by atomic mass is 9.78. The molecule has 3 heteroatoms. The summed E-state index contributed by atoms with van der Waals surface area (Å²) in [6, 6.07) is 5.23. The van der Waals surface area contributed by atoms with Crippen molar-refractivity contribution >= 4 is 0 Å². The molecule has 114 valence electrons. The van der Waals surface area contributed by atoms with Crippen molar-refractivity contribution < 1.29 is 4.39 Å². The Morgan fingerprint density at radius 2 is 1.80 bits per heavy atom. The monoisotopic (exact) mass is 280 g/mol. The third-order valence-electron chi connectivity index (χ3n) is 4.61. The van der Waals surface area contributed by atoms with Crippen LogP contribution in [0, 0.1) is 12.7 Å². The zero-order valence-corrected chi connectivity index (χ0v) is 13.8. The summed E-state index contributed by atoms with van der Waals surface area (Å²) >= 11 is 0. The van der Waals surface area contributed by atoms with Gasteiger partial charge in [-0.3, -0.25) is 0 Å². The summed E-state index contributed by atoms with van der Waals surface area (Å²) in [5, 5.41) is 3.58. The predicted octanol–water partition coefficient (Wildman–Crippen LogP) is 3.91. The molecule has 0 radical (unpaired) electrons. The van der Waals surface area contributed by atoms with Crippen LogP contribution in [0.15, 0.2) is 18.2 Å². The Bertz CT molecular complexity index is 425. The molecule has 0 amide bonds. The quantitative estimate of drug-likeness (QED) is 0.815. The molecule has 20 heavy (non-hydrogen) atoms. The molecular formula is C17H29FN2. The first-order valence-electron chi connectivity index (χ1n) is 7.59. The zero-order valence-electron chi connectivity index (χ0n) is 13.8. The summed E-state index contributed by atoms with van der Waals surface area (Å²) in [6.45, 7) is 9.46. The van der Waals surface area contributed by atoms with Gasteiger partial charge in [-0.15, -0.1) is 0 Å². The van der Waals surface area contributed by atoms with Gasteiger partial charge in [-0.05, 0) is 63.7 Å². The van der Waals surface area contributed by atoms with Gasteiger partial charge in [0.1, 0.15) is 5.82 Å². The van der Waals surface area contributed by atoms with E-state index in [1.54, 1.807) is 6.07 Å². The molecule has 0 aliphatic rings. The van der Waals surface area contributed by atoms with Crippen LogP contribution in [0.3, 0.4) is 0 Å². The molecule has 1 atom stereocenters. The molecule has 0 bridgehead atoms. The van der Waals surface area contributed by atoms with Gasteiger partial charge in [0.2, 0.25) is 0 Å². The molecule has 0 fully saturated rings.